The molecule has 0 spiro atoms. The molecule has 13 heavy (non-hydrogen) atoms. The Balaban J connectivity index is 2.10. The van der Waals surface area contributed by atoms with Gasteiger partial charge >= 0.3 is 0 Å². The molecule has 0 amide bonds. The second-order valence-corrected chi connectivity index (χ2v) is 4.26. The molecular weight excluding hydrogens is 206 g/mol. The lowest BCUT2D eigenvalue weighted by molar-refractivity contribution is 0.910. The van der Waals surface area contributed by atoms with Crippen molar-refractivity contribution in [3.63, 3.8) is 0 Å². The fraction of sp³-hybridized carbons (Fsp3) is 0.333. The van der Waals surface area contributed by atoms with Crippen LogP contribution in [0.15, 0.2) is 15.6 Å². The largest absolute Gasteiger partial charge is 0.213 e. The van der Waals surface area contributed by atoms with Gasteiger partial charge in [-0.15, -0.1) is 5.10 Å². The molecule has 0 radical (unpaired) electrons. The summed E-state index contributed by atoms with van der Waals surface area (Å²) in [5, 5.41) is 11.0. The standard InChI is InChI=1S/C6H7N5S2/c1-2-4-8-6(13-10-4)12-5-3-7-11-9-5/h3H,2H2,1H3,(H,7,9,11). The van der Waals surface area contributed by atoms with Gasteiger partial charge in [0.05, 0.1) is 6.20 Å². The quantitative estimate of drug-likeness (QED) is 0.834. The zero-order chi connectivity index (χ0) is 9.10. The highest BCUT2D eigenvalue weighted by molar-refractivity contribution is 8.00. The summed E-state index contributed by atoms with van der Waals surface area (Å²) in [5.74, 6) is 0.885. The lowest BCUT2D eigenvalue weighted by atomic mass is 10.5. The molecule has 5 nitrogen and oxygen atoms in total. The van der Waals surface area contributed by atoms with Crippen LogP contribution in [0.3, 0.4) is 0 Å². The van der Waals surface area contributed by atoms with Gasteiger partial charge in [-0.2, -0.15) is 14.7 Å². The average Bonchev–Trinajstić information content (AvgIpc) is 2.76. The summed E-state index contributed by atoms with van der Waals surface area (Å²) in [6, 6.07) is 0. The van der Waals surface area contributed by atoms with E-state index in [0.717, 1.165) is 21.6 Å². The summed E-state index contributed by atoms with van der Waals surface area (Å²) in [6.07, 6.45) is 2.54. The second kappa shape index (κ2) is 3.84. The van der Waals surface area contributed by atoms with Gasteiger partial charge in [0, 0.05) is 6.42 Å². The van der Waals surface area contributed by atoms with Gasteiger partial charge in [0.25, 0.3) is 0 Å². The predicted molar refractivity (Wildman–Crippen MR) is 49.8 cm³/mol. The average molecular weight is 213 g/mol. The first-order valence-corrected chi connectivity index (χ1v) is 5.33. The summed E-state index contributed by atoms with van der Waals surface area (Å²) in [5.41, 5.74) is 0. The van der Waals surface area contributed by atoms with Crippen molar-refractivity contribution in [1.29, 1.82) is 0 Å². The van der Waals surface area contributed by atoms with Gasteiger partial charge in [0.15, 0.2) is 4.34 Å². The molecule has 0 bridgehead atoms. The number of hydrogen-bond acceptors (Lipinski definition) is 6. The van der Waals surface area contributed by atoms with E-state index in [4.69, 9.17) is 0 Å². The van der Waals surface area contributed by atoms with E-state index in [1.165, 1.54) is 23.3 Å². The lowest BCUT2D eigenvalue weighted by Crippen LogP contribution is -1.80. The first kappa shape index (κ1) is 8.64. The number of nitrogens with one attached hydrogen (secondary N) is 1. The highest BCUT2D eigenvalue weighted by atomic mass is 32.2. The van der Waals surface area contributed by atoms with Gasteiger partial charge in [0.1, 0.15) is 10.9 Å². The number of rotatable bonds is 3. The zero-order valence-corrected chi connectivity index (χ0v) is 8.52. The first-order chi connectivity index (χ1) is 6.38. The monoisotopic (exact) mass is 213 g/mol. The van der Waals surface area contributed by atoms with Crippen molar-refractivity contribution < 1.29 is 0 Å². The molecule has 0 aliphatic heterocycles. The van der Waals surface area contributed by atoms with Crippen LogP contribution in [-0.2, 0) is 6.42 Å². The molecule has 68 valence electrons. The molecule has 0 aromatic carbocycles. The Labute approximate surface area is 83.1 Å². The summed E-state index contributed by atoms with van der Waals surface area (Å²) >= 11 is 2.86. The van der Waals surface area contributed by atoms with Crippen LogP contribution >= 0.6 is 23.3 Å². The van der Waals surface area contributed by atoms with Crippen LogP contribution in [0.4, 0.5) is 0 Å². The minimum atomic E-state index is 0.818. The summed E-state index contributed by atoms with van der Waals surface area (Å²) < 4.78 is 5.07. The van der Waals surface area contributed by atoms with Crippen LogP contribution in [0.25, 0.3) is 0 Å². The maximum Gasteiger partial charge on any atom is 0.176 e. The van der Waals surface area contributed by atoms with Crippen molar-refractivity contribution in [2.24, 2.45) is 0 Å². The van der Waals surface area contributed by atoms with Crippen molar-refractivity contribution in [1.82, 2.24) is 24.8 Å². The van der Waals surface area contributed by atoms with Gasteiger partial charge < -0.3 is 0 Å². The molecule has 2 aromatic rings. The minimum absolute atomic E-state index is 0.818. The molecule has 1 N–H and O–H groups in total. The Morgan fingerprint density at radius 1 is 1.62 bits per heavy atom. The van der Waals surface area contributed by atoms with Crippen LogP contribution in [0.5, 0.6) is 0 Å². The van der Waals surface area contributed by atoms with Gasteiger partial charge in [0.2, 0.25) is 0 Å². The van der Waals surface area contributed by atoms with Crippen molar-refractivity contribution in [2.75, 3.05) is 0 Å². The second-order valence-electron chi connectivity index (χ2n) is 2.24. The fourth-order valence-corrected chi connectivity index (χ4v) is 2.29. The van der Waals surface area contributed by atoms with E-state index in [9.17, 15) is 0 Å². The molecule has 0 saturated carbocycles. The van der Waals surface area contributed by atoms with E-state index in [0.29, 0.717) is 0 Å². The molecule has 7 heteroatoms. The molecule has 2 rings (SSSR count). The van der Waals surface area contributed by atoms with E-state index in [-0.39, 0.29) is 0 Å². The summed E-state index contributed by atoms with van der Waals surface area (Å²) in [6.45, 7) is 2.03. The summed E-state index contributed by atoms with van der Waals surface area (Å²) in [7, 11) is 0. The molecule has 2 aromatic heterocycles. The molecule has 0 aliphatic carbocycles. The van der Waals surface area contributed by atoms with Crippen LogP contribution in [0.1, 0.15) is 12.7 Å². The Morgan fingerprint density at radius 2 is 2.54 bits per heavy atom. The van der Waals surface area contributed by atoms with Crippen molar-refractivity contribution in [3.8, 4) is 0 Å². The van der Waals surface area contributed by atoms with Gasteiger partial charge in [-0.25, -0.2) is 4.98 Å². The number of hydrogen-bond donors (Lipinski definition) is 1. The van der Waals surface area contributed by atoms with E-state index in [1.54, 1.807) is 6.20 Å². The fourth-order valence-electron chi connectivity index (χ4n) is 0.753. The number of aryl methyl sites for hydroxylation is 1. The molecule has 2 heterocycles. The minimum Gasteiger partial charge on any atom is -0.213 e. The number of aromatic amines is 1. The number of H-pyrrole nitrogens is 1. The third-order valence-electron chi connectivity index (χ3n) is 1.35. The first-order valence-electron chi connectivity index (χ1n) is 3.74. The third-order valence-corrected chi connectivity index (χ3v) is 3.05. The lowest BCUT2D eigenvalue weighted by Gasteiger charge is -1.85. The normalized spacial score (nSPS) is 10.5. The van der Waals surface area contributed by atoms with Crippen LogP contribution in [0, 0.1) is 0 Å². The third kappa shape index (κ3) is 2.04. The topological polar surface area (TPSA) is 67.3 Å². The molecule has 0 aliphatic rings. The van der Waals surface area contributed by atoms with Crippen molar-refractivity contribution in [2.45, 2.75) is 22.7 Å². The molecule has 0 saturated heterocycles. The number of aromatic nitrogens is 5. The maximum atomic E-state index is 4.29. The van der Waals surface area contributed by atoms with E-state index >= 15 is 0 Å². The smallest absolute Gasteiger partial charge is 0.176 e. The molecule has 0 unspecified atom stereocenters. The van der Waals surface area contributed by atoms with E-state index in [2.05, 4.69) is 24.8 Å². The maximum absolute atomic E-state index is 4.29. The van der Waals surface area contributed by atoms with Crippen LogP contribution < -0.4 is 0 Å². The van der Waals surface area contributed by atoms with Gasteiger partial charge in [-0.1, -0.05) is 6.92 Å². The molecule has 0 atom stereocenters. The van der Waals surface area contributed by atoms with E-state index in [1.807, 2.05) is 6.92 Å². The summed E-state index contributed by atoms with van der Waals surface area (Å²) in [4.78, 5) is 4.29. The Morgan fingerprint density at radius 3 is 3.15 bits per heavy atom. The molecular formula is C6H7N5S2. The number of nitrogens with zero attached hydrogens (tertiary/aromatic N) is 4. The van der Waals surface area contributed by atoms with E-state index < -0.39 is 0 Å². The molecule has 0 fully saturated rings. The highest BCUT2D eigenvalue weighted by Crippen LogP contribution is 2.26. The Bertz CT molecular complexity index is 368. The zero-order valence-electron chi connectivity index (χ0n) is 6.89. The van der Waals surface area contributed by atoms with Crippen LogP contribution in [-0.4, -0.2) is 24.8 Å². The SMILES string of the molecule is CCc1nsc(Sc2cn[nH]n2)n1. The van der Waals surface area contributed by atoms with Crippen molar-refractivity contribution >= 4 is 23.3 Å². The Hall–Kier alpha value is -0.950. The van der Waals surface area contributed by atoms with Crippen LogP contribution in [0.2, 0.25) is 0 Å². The van der Waals surface area contributed by atoms with Gasteiger partial charge in [-0.05, 0) is 23.3 Å². The van der Waals surface area contributed by atoms with Crippen molar-refractivity contribution in [3.05, 3.63) is 12.0 Å². The predicted octanol–water partition coefficient (Wildman–Crippen LogP) is 1.37. The van der Waals surface area contributed by atoms with Gasteiger partial charge in [-0.3, -0.25) is 0 Å². The Kier molecular flexibility index (Phi) is 2.55. The highest BCUT2D eigenvalue weighted by Gasteiger charge is 2.05.